The van der Waals surface area contributed by atoms with Crippen molar-refractivity contribution in [2.45, 2.75) is 6.61 Å². The van der Waals surface area contributed by atoms with E-state index in [2.05, 4.69) is 19.6 Å². The molecular formula is C8H6ClN5O2S. The first-order chi connectivity index (χ1) is 8.18. The van der Waals surface area contributed by atoms with E-state index in [-0.39, 0.29) is 18.1 Å². The molecule has 0 aromatic carbocycles. The second-order valence-electron chi connectivity index (χ2n) is 2.86. The smallest absolute Gasteiger partial charge is 0.361 e. The van der Waals surface area contributed by atoms with Crippen molar-refractivity contribution in [3.8, 4) is 0 Å². The molecule has 17 heavy (non-hydrogen) atoms. The number of anilines is 1. The SMILES string of the molecule is Nc1nccnc1C(=O)OCc1nnsc1Cl. The van der Waals surface area contributed by atoms with Crippen molar-refractivity contribution in [2.75, 3.05) is 5.73 Å². The van der Waals surface area contributed by atoms with E-state index in [9.17, 15) is 4.79 Å². The molecule has 0 fully saturated rings. The number of hydrogen-bond donors (Lipinski definition) is 1. The summed E-state index contributed by atoms with van der Waals surface area (Å²) in [5.41, 5.74) is 5.83. The Morgan fingerprint density at radius 1 is 1.47 bits per heavy atom. The fraction of sp³-hybridized carbons (Fsp3) is 0.125. The zero-order valence-corrected chi connectivity index (χ0v) is 9.90. The normalized spacial score (nSPS) is 10.2. The van der Waals surface area contributed by atoms with Gasteiger partial charge < -0.3 is 10.5 Å². The standard InChI is InChI=1S/C8H6ClN5O2S/c9-6-4(13-14-17-6)3-16-8(15)5-7(10)12-2-1-11-5/h1-2H,3H2,(H2,10,12). The molecule has 0 aliphatic heterocycles. The van der Waals surface area contributed by atoms with Crippen LogP contribution in [-0.2, 0) is 11.3 Å². The molecule has 0 amide bonds. The van der Waals surface area contributed by atoms with E-state index in [0.29, 0.717) is 10.0 Å². The second-order valence-corrected chi connectivity index (χ2v) is 4.22. The van der Waals surface area contributed by atoms with E-state index in [4.69, 9.17) is 22.1 Å². The minimum Gasteiger partial charge on any atom is -0.454 e. The summed E-state index contributed by atoms with van der Waals surface area (Å²) in [7, 11) is 0. The van der Waals surface area contributed by atoms with Crippen LogP contribution in [-0.4, -0.2) is 25.5 Å². The van der Waals surface area contributed by atoms with Crippen molar-refractivity contribution in [1.82, 2.24) is 19.6 Å². The minimum atomic E-state index is -0.681. The number of halogens is 1. The molecule has 88 valence electrons. The highest BCUT2D eigenvalue weighted by molar-refractivity contribution is 7.10. The van der Waals surface area contributed by atoms with Gasteiger partial charge in [-0.2, -0.15) is 0 Å². The third kappa shape index (κ3) is 2.66. The topological polar surface area (TPSA) is 104 Å². The molecular weight excluding hydrogens is 266 g/mol. The van der Waals surface area contributed by atoms with Crippen LogP contribution < -0.4 is 5.73 Å². The van der Waals surface area contributed by atoms with Crippen LogP contribution in [0.15, 0.2) is 12.4 Å². The van der Waals surface area contributed by atoms with Gasteiger partial charge in [0.2, 0.25) is 0 Å². The van der Waals surface area contributed by atoms with E-state index < -0.39 is 5.97 Å². The minimum absolute atomic E-state index is 0.0139. The highest BCUT2D eigenvalue weighted by atomic mass is 35.5. The summed E-state index contributed by atoms with van der Waals surface area (Å²) in [6, 6.07) is 0. The summed E-state index contributed by atoms with van der Waals surface area (Å²) in [4.78, 5) is 19.1. The maximum Gasteiger partial charge on any atom is 0.361 e. The van der Waals surface area contributed by atoms with E-state index in [1.807, 2.05) is 0 Å². The number of nitrogen functional groups attached to an aromatic ring is 1. The van der Waals surface area contributed by atoms with Crippen LogP contribution in [0.5, 0.6) is 0 Å². The number of nitrogens with zero attached hydrogens (tertiary/aromatic N) is 4. The lowest BCUT2D eigenvalue weighted by molar-refractivity contribution is 0.0462. The highest BCUT2D eigenvalue weighted by Gasteiger charge is 2.15. The van der Waals surface area contributed by atoms with Gasteiger partial charge >= 0.3 is 5.97 Å². The monoisotopic (exact) mass is 271 g/mol. The Morgan fingerprint density at radius 3 is 2.88 bits per heavy atom. The van der Waals surface area contributed by atoms with Crippen LogP contribution in [0, 0.1) is 0 Å². The van der Waals surface area contributed by atoms with Crippen LogP contribution in [0.25, 0.3) is 0 Å². The van der Waals surface area contributed by atoms with Crippen molar-refractivity contribution in [3.05, 3.63) is 28.1 Å². The zero-order valence-electron chi connectivity index (χ0n) is 8.33. The maximum atomic E-state index is 11.6. The van der Waals surface area contributed by atoms with Crippen molar-refractivity contribution in [3.63, 3.8) is 0 Å². The molecule has 2 rings (SSSR count). The number of aromatic nitrogens is 4. The number of ether oxygens (including phenoxy) is 1. The first-order valence-corrected chi connectivity index (χ1v) is 5.54. The molecule has 0 saturated carbocycles. The number of hydrogen-bond acceptors (Lipinski definition) is 8. The Morgan fingerprint density at radius 2 is 2.24 bits per heavy atom. The average molecular weight is 272 g/mol. The summed E-state index contributed by atoms with van der Waals surface area (Å²) >= 11 is 6.77. The molecule has 2 aromatic heterocycles. The van der Waals surface area contributed by atoms with Crippen LogP contribution in [0.4, 0.5) is 5.82 Å². The van der Waals surface area contributed by atoms with Crippen LogP contribution in [0.1, 0.15) is 16.2 Å². The van der Waals surface area contributed by atoms with Gasteiger partial charge in [0.25, 0.3) is 0 Å². The van der Waals surface area contributed by atoms with Gasteiger partial charge in [-0.15, -0.1) is 5.10 Å². The van der Waals surface area contributed by atoms with Gasteiger partial charge in [0, 0.05) is 23.9 Å². The number of carbonyl (C=O) groups is 1. The lowest BCUT2D eigenvalue weighted by atomic mass is 10.4. The third-order valence-corrected chi connectivity index (χ3v) is 2.75. The van der Waals surface area contributed by atoms with Gasteiger partial charge in [-0.05, 0) is 0 Å². The number of nitrogens with two attached hydrogens (primary N) is 1. The molecule has 0 aliphatic rings. The van der Waals surface area contributed by atoms with Crippen LogP contribution >= 0.6 is 23.1 Å². The van der Waals surface area contributed by atoms with E-state index in [1.54, 1.807) is 0 Å². The van der Waals surface area contributed by atoms with Crippen LogP contribution in [0.3, 0.4) is 0 Å². The predicted octanol–water partition coefficient (Wildman–Crippen LogP) is 0.921. The van der Waals surface area contributed by atoms with Crippen molar-refractivity contribution in [1.29, 1.82) is 0 Å². The molecule has 0 radical (unpaired) electrons. The Labute approximate surface area is 105 Å². The Kier molecular flexibility index (Phi) is 3.45. The molecule has 2 aromatic rings. The van der Waals surface area contributed by atoms with Gasteiger partial charge in [-0.25, -0.2) is 14.8 Å². The van der Waals surface area contributed by atoms with E-state index in [0.717, 1.165) is 11.5 Å². The van der Waals surface area contributed by atoms with Gasteiger partial charge in [-0.1, -0.05) is 16.1 Å². The summed E-state index contributed by atoms with van der Waals surface area (Å²) < 4.78 is 8.92. The first-order valence-electron chi connectivity index (χ1n) is 4.39. The molecule has 2 N–H and O–H groups in total. The molecule has 0 unspecified atom stereocenters. The second kappa shape index (κ2) is 5.02. The number of esters is 1. The Hall–Kier alpha value is -1.80. The molecule has 7 nitrogen and oxygen atoms in total. The lowest BCUT2D eigenvalue weighted by Crippen LogP contribution is -2.11. The van der Waals surface area contributed by atoms with Gasteiger partial charge in [0.1, 0.15) is 16.6 Å². The van der Waals surface area contributed by atoms with E-state index >= 15 is 0 Å². The quantitative estimate of drug-likeness (QED) is 0.828. The Bertz CT molecular complexity index is 546. The maximum absolute atomic E-state index is 11.6. The lowest BCUT2D eigenvalue weighted by Gasteiger charge is -2.03. The summed E-state index contributed by atoms with van der Waals surface area (Å²) in [5, 5.41) is 3.70. The fourth-order valence-corrected chi connectivity index (χ4v) is 1.59. The Balaban J connectivity index is 2.04. The average Bonchev–Trinajstić information content (AvgIpc) is 2.72. The molecule has 0 saturated heterocycles. The molecule has 0 aliphatic carbocycles. The zero-order chi connectivity index (χ0) is 12.3. The molecule has 9 heteroatoms. The molecule has 0 atom stereocenters. The molecule has 2 heterocycles. The number of rotatable bonds is 3. The molecule has 0 spiro atoms. The highest BCUT2D eigenvalue weighted by Crippen LogP contribution is 2.18. The van der Waals surface area contributed by atoms with Crippen molar-refractivity contribution in [2.24, 2.45) is 0 Å². The summed E-state index contributed by atoms with van der Waals surface area (Å²) in [5.74, 6) is -0.667. The summed E-state index contributed by atoms with van der Waals surface area (Å²) in [6.45, 7) is -0.0792. The number of carbonyl (C=O) groups excluding carboxylic acids is 1. The van der Waals surface area contributed by atoms with Crippen molar-refractivity contribution < 1.29 is 9.53 Å². The van der Waals surface area contributed by atoms with Gasteiger partial charge in [0.05, 0.1) is 0 Å². The first kappa shape index (κ1) is 11.7. The van der Waals surface area contributed by atoms with Crippen LogP contribution in [0.2, 0.25) is 4.34 Å². The largest absolute Gasteiger partial charge is 0.454 e. The third-order valence-electron chi connectivity index (χ3n) is 1.77. The van der Waals surface area contributed by atoms with E-state index in [1.165, 1.54) is 12.4 Å². The fourth-order valence-electron chi connectivity index (χ4n) is 0.991. The van der Waals surface area contributed by atoms with Gasteiger partial charge in [0.15, 0.2) is 11.5 Å². The van der Waals surface area contributed by atoms with Crippen molar-refractivity contribution >= 4 is 34.9 Å². The summed E-state index contributed by atoms with van der Waals surface area (Å²) in [6.07, 6.45) is 2.73. The predicted molar refractivity (Wildman–Crippen MR) is 60.5 cm³/mol. The molecule has 0 bridgehead atoms. The van der Waals surface area contributed by atoms with Gasteiger partial charge in [-0.3, -0.25) is 0 Å².